The first kappa shape index (κ1) is 16.9. The molecule has 2 aliphatic heterocycles. The fraction of sp³-hybridized carbons (Fsp3) is 0.308. The number of aromatic nitrogens is 2. The lowest BCUT2D eigenvalue weighted by molar-refractivity contribution is 0.546. The van der Waals surface area contributed by atoms with Crippen molar-refractivity contribution in [1.29, 1.82) is 0 Å². The maximum Gasteiger partial charge on any atom is 0.260 e. The number of rotatable bonds is 3. The van der Waals surface area contributed by atoms with E-state index in [9.17, 15) is 8.42 Å². The number of nitrogens with zero attached hydrogens (tertiary/aromatic N) is 2. The zero-order chi connectivity index (χ0) is 15.3. The Kier molecular flexibility index (Phi) is 4.54. The third kappa shape index (κ3) is 2.83. The average Bonchev–Trinajstić information content (AvgIpc) is 3.13. The molecule has 23 heavy (non-hydrogen) atoms. The number of anilines is 1. The maximum atomic E-state index is 12.7. The van der Waals surface area contributed by atoms with Gasteiger partial charge in [-0.25, -0.2) is 18.1 Å². The van der Waals surface area contributed by atoms with E-state index in [4.69, 9.17) is 11.6 Å². The summed E-state index contributed by atoms with van der Waals surface area (Å²) in [4.78, 5) is 4.13. The third-order valence-electron chi connectivity index (χ3n) is 3.78. The number of imidazole rings is 1. The van der Waals surface area contributed by atoms with Crippen LogP contribution in [-0.2, 0) is 16.6 Å². The van der Waals surface area contributed by atoms with Gasteiger partial charge in [-0.2, -0.15) is 0 Å². The van der Waals surface area contributed by atoms with Crippen molar-refractivity contribution < 1.29 is 8.42 Å². The van der Waals surface area contributed by atoms with Gasteiger partial charge in [-0.05, 0) is 11.6 Å². The molecule has 0 aliphatic carbocycles. The number of sulfonamides is 1. The first-order valence-corrected chi connectivity index (χ1v) is 9.65. The molecule has 2 aromatic rings. The summed E-state index contributed by atoms with van der Waals surface area (Å²) in [6.07, 6.45) is 0. The Hall–Kier alpha value is -0.930. The minimum atomic E-state index is -3.73. The molecule has 1 atom stereocenters. The molecule has 0 spiro atoms. The van der Waals surface area contributed by atoms with Gasteiger partial charge in [0.15, 0.2) is 15.3 Å². The summed E-state index contributed by atoms with van der Waals surface area (Å²) in [5, 5.41) is 3.97. The van der Waals surface area contributed by atoms with Gasteiger partial charge in [0.1, 0.15) is 0 Å². The van der Waals surface area contributed by atoms with Crippen LogP contribution in [0.5, 0.6) is 0 Å². The highest BCUT2D eigenvalue weighted by Crippen LogP contribution is 2.35. The number of fused-ring (bicyclic) bond motifs is 2. The van der Waals surface area contributed by atoms with Crippen LogP contribution in [0.4, 0.5) is 5.69 Å². The van der Waals surface area contributed by atoms with Crippen LogP contribution in [0.2, 0.25) is 5.15 Å². The number of thioether (sulfide) groups is 1. The van der Waals surface area contributed by atoms with Crippen molar-refractivity contribution in [3.05, 3.63) is 35.0 Å². The number of hydrogen-bond donors (Lipinski definition) is 2. The van der Waals surface area contributed by atoms with Gasteiger partial charge in [0.25, 0.3) is 10.0 Å². The summed E-state index contributed by atoms with van der Waals surface area (Å²) in [5.41, 5.74) is 1.90. The quantitative estimate of drug-likeness (QED) is 0.838. The van der Waals surface area contributed by atoms with Crippen LogP contribution in [-0.4, -0.2) is 30.3 Å². The molecule has 1 unspecified atom stereocenters. The minimum absolute atomic E-state index is 0. The summed E-state index contributed by atoms with van der Waals surface area (Å²) < 4.78 is 29.9. The zero-order valence-electron chi connectivity index (χ0n) is 11.8. The van der Waals surface area contributed by atoms with E-state index < -0.39 is 10.0 Å². The predicted octanol–water partition coefficient (Wildman–Crippen LogP) is 2.51. The van der Waals surface area contributed by atoms with Crippen molar-refractivity contribution >= 4 is 51.5 Å². The second kappa shape index (κ2) is 6.18. The molecule has 3 heterocycles. The number of para-hydroxylation sites is 1. The largest absolute Gasteiger partial charge is 0.383 e. The Morgan fingerprint density at radius 2 is 2.17 bits per heavy atom. The molecule has 0 saturated heterocycles. The van der Waals surface area contributed by atoms with Gasteiger partial charge < -0.3 is 9.88 Å². The van der Waals surface area contributed by atoms with Gasteiger partial charge >= 0.3 is 0 Å². The van der Waals surface area contributed by atoms with Crippen molar-refractivity contribution in [3.8, 4) is 0 Å². The molecule has 0 fully saturated rings. The second-order valence-electron chi connectivity index (χ2n) is 5.13. The number of halogens is 2. The van der Waals surface area contributed by atoms with Crippen molar-refractivity contribution in [3.63, 3.8) is 0 Å². The summed E-state index contributed by atoms with van der Waals surface area (Å²) >= 11 is 7.57. The number of hydrogen-bond acceptors (Lipinski definition) is 5. The van der Waals surface area contributed by atoms with E-state index in [1.165, 1.54) is 11.8 Å². The lowest BCUT2D eigenvalue weighted by Crippen LogP contribution is -2.31. The Bertz CT molecular complexity index is 854. The van der Waals surface area contributed by atoms with E-state index in [0.717, 1.165) is 17.0 Å². The van der Waals surface area contributed by atoms with Crippen LogP contribution < -0.4 is 10.0 Å². The molecule has 0 saturated carbocycles. The Balaban J connectivity index is 0.00000156. The zero-order valence-corrected chi connectivity index (χ0v) is 15.0. The molecule has 2 N–H and O–H groups in total. The maximum absolute atomic E-state index is 12.7. The molecular weight excluding hydrogens is 379 g/mol. The molecule has 0 radical (unpaired) electrons. The molecule has 0 bridgehead atoms. The van der Waals surface area contributed by atoms with E-state index in [0.29, 0.717) is 18.2 Å². The van der Waals surface area contributed by atoms with Gasteiger partial charge in [0, 0.05) is 24.5 Å². The van der Waals surface area contributed by atoms with E-state index >= 15 is 0 Å². The van der Waals surface area contributed by atoms with Crippen LogP contribution in [0.25, 0.3) is 0 Å². The van der Waals surface area contributed by atoms with E-state index in [1.807, 2.05) is 24.3 Å². The monoisotopic (exact) mass is 392 g/mol. The third-order valence-corrected chi connectivity index (χ3v) is 6.63. The predicted molar refractivity (Wildman–Crippen MR) is 93.2 cm³/mol. The van der Waals surface area contributed by atoms with Gasteiger partial charge in [0.05, 0.1) is 6.04 Å². The smallest absolute Gasteiger partial charge is 0.260 e. The van der Waals surface area contributed by atoms with Crippen molar-refractivity contribution in [2.24, 2.45) is 0 Å². The number of benzene rings is 1. The molecule has 0 amide bonds. The molecule has 2 aliphatic rings. The van der Waals surface area contributed by atoms with Gasteiger partial charge in [-0.1, -0.05) is 41.6 Å². The van der Waals surface area contributed by atoms with Crippen LogP contribution in [0.3, 0.4) is 0 Å². The van der Waals surface area contributed by atoms with Crippen LogP contribution in [0, 0.1) is 0 Å². The van der Waals surface area contributed by atoms with Crippen LogP contribution in [0.15, 0.2) is 34.4 Å². The van der Waals surface area contributed by atoms with Crippen molar-refractivity contribution in [2.75, 3.05) is 17.6 Å². The second-order valence-corrected chi connectivity index (χ2v) is 8.18. The highest BCUT2D eigenvalue weighted by molar-refractivity contribution is 7.99. The lowest BCUT2D eigenvalue weighted by atomic mass is 10.1. The Morgan fingerprint density at radius 1 is 1.39 bits per heavy atom. The molecule has 4 rings (SSSR count). The molecule has 1 aromatic heterocycles. The minimum Gasteiger partial charge on any atom is -0.383 e. The van der Waals surface area contributed by atoms with Crippen LogP contribution in [0.1, 0.15) is 11.6 Å². The fourth-order valence-electron chi connectivity index (χ4n) is 2.81. The summed E-state index contributed by atoms with van der Waals surface area (Å²) in [6, 6.07) is 7.36. The van der Waals surface area contributed by atoms with Gasteiger partial charge in [0.2, 0.25) is 0 Å². The SMILES string of the molecule is Cl.O=S(=O)(NC1CNc2ccccc21)c1c(Cl)nc2n1CCS2. The highest BCUT2D eigenvalue weighted by Gasteiger charge is 2.33. The van der Waals surface area contributed by atoms with Crippen LogP contribution >= 0.6 is 35.8 Å². The normalized spacial score (nSPS) is 18.9. The molecule has 1 aromatic carbocycles. The van der Waals surface area contributed by atoms with Gasteiger partial charge in [-0.3, -0.25) is 0 Å². The summed E-state index contributed by atoms with van der Waals surface area (Å²) in [6.45, 7) is 1.13. The highest BCUT2D eigenvalue weighted by atomic mass is 35.5. The van der Waals surface area contributed by atoms with E-state index in [2.05, 4.69) is 15.0 Å². The average molecular weight is 393 g/mol. The topological polar surface area (TPSA) is 76.0 Å². The first-order chi connectivity index (χ1) is 10.6. The van der Waals surface area contributed by atoms with Gasteiger partial charge in [-0.15, -0.1) is 12.4 Å². The molecule has 6 nitrogen and oxygen atoms in total. The Labute approximate surface area is 149 Å². The first-order valence-electron chi connectivity index (χ1n) is 6.80. The molecular formula is C13H14Cl2N4O2S2. The standard InChI is InChI=1S/C13H13ClN4O2S2.ClH/c14-11-12(18-5-6-21-13(18)16-11)22(19,20)17-10-7-15-9-4-2-1-3-8(9)10;/h1-4,10,15,17H,5-7H2;1H. The molecule has 124 valence electrons. The Morgan fingerprint density at radius 3 is 3.00 bits per heavy atom. The van der Waals surface area contributed by atoms with Crippen molar-refractivity contribution in [2.45, 2.75) is 22.8 Å². The summed E-state index contributed by atoms with van der Waals surface area (Å²) in [5.74, 6) is 0.815. The molecule has 10 heteroatoms. The summed E-state index contributed by atoms with van der Waals surface area (Å²) in [7, 11) is -3.73. The fourth-order valence-corrected chi connectivity index (χ4v) is 5.79. The number of nitrogens with one attached hydrogen (secondary N) is 2. The van der Waals surface area contributed by atoms with E-state index in [-0.39, 0.29) is 28.6 Å². The lowest BCUT2D eigenvalue weighted by Gasteiger charge is -2.14. The van der Waals surface area contributed by atoms with E-state index in [1.54, 1.807) is 4.57 Å². The van der Waals surface area contributed by atoms with Crippen molar-refractivity contribution in [1.82, 2.24) is 14.3 Å².